The Morgan fingerprint density at radius 2 is 1.83 bits per heavy atom. The Morgan fingerprint density at radius 1 is 1.14 bits per heavy atom. The smallest absolute Gasteiger partial charge is 0.394 e. The summed E-state index contributed by atoms with van der Waals surface area (Å²) in [5.74, 6) is -0.00565. The highest BCUT2D eigenvalue weighted by atomic mass is 19.3. The topological polar surface area (TPSA) is 78.4 Å². The Hall–Kier alpha value is -2.94. The Balaban J connectivity index is 2.28. The molecule has 0 unspecified atom stereocenters. The first-order valence-electron chi connectivity index (χ1n) is 9.13. The Kier molecular flexibility index (Phi) is 5.36. The number of nitrogens with zero attached hydrogens (tertiary/aromatic N) is 3. The first-order chi connectivity index (χ1) is 13.6. The second kappa shape index (κ2) is 7.47. The number of fused-ring (bicyclic) bond motifs is 1. The lowest BCUT2D eigenvalue weighted by Crippen LogP contribution is -2.39. The lowest BCUT2D eigenvalue weighted by Gasteiger charge is -2.14. The van der Waals surface area contributed by atoms with Gasteiger partial charge in [-0.2, -0.15) is 8.78 Å². The van der Waals surface area contributed by atoms with Crippen molar-refractivity contribution in [3.8, 4) is 17.0 Å². The zero-order valence-electron chi connectivity index (χ0n) is 16.7. The van der Waals surface area contributed by atoms with E-state index in [1.165, 1.54) is 16.7 Å². The van der Waals surface area contributed by atoms with Gasteiger partial charge in [0.05, 0.1) is 11.2 Å². The van der Waals surface area contributed by atoms with Crippen molar-refractivity contribution in [2.24, 2.45) is 14.1 Å². The molecule has 0 fully saturated rings. The molecule has 156 valence electrons. The summed E-state index contributed by atoms with van der Waals surface area (Å²) in [4.78, 5) is 25.7. The predicted molar refractivity (Wildman–Crippen MR) is 106 cm³/mol. The summed E-state index contributed by atoms with van der Waals surface area (Å²) in [5, 5.41) is 9.06. The van der Waals surface area contributed by atoms with E-state index in [0.717, 1.165) is 4.57 Å². The molecule has 1 N–H and O–H groups in total. The van der Waals surface area contributed by atoms with E-state index in [-0.39, 0.29) is 25.3 Å². The van der Waals surface area contributed by atoms with E-state index >= 15 is 0 Å². The summed E-state index contributed by atoms with van der Waals surface area (Å²) in [5.41, 5.74) is 1.75. The highest BCUT2D eigenvalue weighted by molar-refractivity contribution is 5.88. The maximum atomic E-state index is 13.2. The highest BCUT2D eigenvalue weighted by Gasteiger charge is 2.25. The average Bonchev–Trinajstić information content (AvgIpc) is 2.89. The normalized spacial score (nSPS) is 12.0. The summed E-state index contributed by atoms with van der Waals surface area (Å²) in [7, 11) is 3.27. The number of halogens is 2. The SMILES string of the molecule is Cc1c(-c2cccc(OC(C)(F)F)c2)n(C)c2c(=O)n(CCCO)c(=O)n(C)c12. The molecule has 3 rings (SSSR count). The van der Waals surface area contributed by atoms with Crippen molar-refractivity contribution in [2.75, 3.05) is 6.61 Å². The first-order valence-corrected chi connectivity index (χ1v) is 9.13. The van der Waals surface area contributed by atoms with E-state index < -0.39 is 17.4 Å². The standard InChI is InChI=1S/C20H23F2N3O4/c1-12-15(13-7-5-8-14(11-13)29-20(2,21)22)23(3)17-16(12)24(4)19(28)25(18(17)27)9-6-10-26/h5,7-8,11,26H,6,9-10H2,1-4H3. The van der Waals surface area contributed by atoms with Gasteiger partial charge in [0.15, 0.2) is 0 Å². The summed E-state index contributed by atoms with van der Waals surface area (Å²) in [6, 6.07) is 6.22. The van der Waals surface area contributed by atoms with E-state index in [4.69, 9.17) is 5.11 Å². The number of hydrogen-bond donors (Lipinski definition) is 1. The molecule has 0 saturated heterocycles. The molecule has 0 aliphatic rings. The van der Waals surface area contributed by atoms with Gasteiger partial charge in [-0.15, -0.1) is 0 Å². The van der Waals surface area contributed by atoms with E-state index in [0.29, 0.717) is 34.8 Å². The summed E-state index contributed by atoms with van der Waals surface area (Å²) in [6.07, 6.45) is -3.04. The number of hydrogen-bond acceptors (Lipinski definition) is 4. The molecule has 0 bridgehead atoms. The quantitative estimate of drug-likeness (QED) is 0.681. The maximum Gasteiger partial charge on any atom is 0.394 e. The van der Waals surface area contributed by atoms with Crippen molar-refractivity contribution in [3.63, 3.8) is 0 Å². The molecule has 0 atom stereocenters. The van der Waals surface area contributed by atoms with Crippen LogP contribution >= 0.6 is 0 Å². The van der Waals surface area contributed by atoms with E-state index in [9.17, 15) is 18.4 Å². The fourth-order valence-corrected chi connectivity index (χ4v) is 3.71. The van der Waals surface area contributed by atoms with Gasteiger partial charge in [0.25, 0.3) is 5.56 Å². The molecular formula is C20H23F2N3O4. The number of ether oxygens (including phenoxy) is 1. The monoisotopic (exact) mass is 407 g/mol. The van der Waals surface area contributed by atoms with Gasteiger partial charge >= 0.3 is 11.8 Å². The molecular weight excluding hydrogens is 384 g/mol. The van der Waals surface area contributed by atoms with Crippen LogP contribution in [-0.4, -0.2) is 31.5 Å². The van der Waals surface area contributed by atoms with Crippen molar-refractivity contribution in [3.05, 3.63) is 50.7 Å². The van der Waals surface area contributed by atoms with Crippen molar-refractivity contribution >= 4 is 11.0 Å². The molecule has 3 aromatic rings. The van der Waals surface area contributed by atoms with Crippen LogP contribution in [0, 0.1) is 6.92 Å². The minimum Gasteiger partial charge on any atom is -0.433 e. The fraction of sp³-hybridized carbons (Fsp3) is 0.400. The van der Waals surface area contributed by atoms with Gasteiger partial charge in [0, 0.05) is 39.7 Å². The second-order valence-corrected chi connectivity index (χ2v) is 7.04. The minimum atomic E-state index is -3.32. The third-order valence-electron chi connectivity index (χ3n) is 4.85. The largest absolute Gasteiger partial charge is 0.433 e. The third kappa shape index (κ3) is 3.69. The molecule has 1 aromatic carbocycles. The number of aliphatic hydroxyl groups is 1. The van der Waals surface area contributed by atoms with Gasteiger partial charge in [-0.25, -0.2) is 4.79 Å². The van der Waals surface area contributed by atoms with Crippen LogP contribution in [0.1, 0.15) is 18.9 Å². The molecule has 0 spiro atoms. The minimum absolute atomic E-state index is 0.00565. The fourth-order valence-electron chi connectivity index (χ4n) is 3.71. The molecule has 0 radical (unpaired) electrons. The maximum absolute atomic E-state index is 13.2. The molecule has 9 heteroatoms. The molecule has 2 aromatic heterocycles. The van der Waals surface area contributed by atoms with Crippen LogP contribution < -0.4 is 16.0 Å². The van der Waals surface area contributed by atoms with Gasteiger partial charge in [-0.1, -0.05) is 12.1 Å². The number of benzene rings is 1. The highest BCUT2D eigenvalue weighted by Crippen LogP contribution is 2.33. The number of aliphatic hydroxyl groups excluding tert-OH is 1. The van der Waals surface area contributed by atoms with Crippen LogP contribution in [0.2, 0.25) is 0 Å². The van der Waals surface area contributed by atoms with Gasteiger partial charge < -0.3 is 14.4 Å². The first kappa shape index (κ1) is 20.8. The molecule has 7 nitrogen and oxygen atoms in total. The van der Waals surface area contributed by atoms with Gasteiger partial charge in [0.2, 0.25) is 0 Å². The summed E-state index contributed by atoms with van der Waals surface area (Å²) in [6.45, 7) is 2.40. The Bertz CT molecular complexity index is 1190. The third-order valence-corrected chi connectivity index (χ3v) is 4.85. The van der Waals surface area contributed by atoms with Crippen LogP contribution in [0.15, 0.2) is 33.9 Å². The molecule has 2 heterocycles. The second-order valence-electron chi connectivity index (χ2n) is 7.04. The van der Waals surface area contributed by atoms with Crippen LogP contribution in [0.4, 0.5) is 8.78 Å². The molecule has 0 aliphatic heterocycles. The predicted octanol–water partition coefficient (Wildman–Crippen LogP) is 2.39. The lowest BCUT2D eigenvalue weighted by atomic mass is 10.1. The summed E-state index contributed by atoms with van der Waals surface area (Å²) < 4.78 is 35.3. The zero-order chi connectivity index (χ0) is 21.5. The molecule has 0 aliphatic carbocycles. The van der Waals surface area contributed by atoms with Crippen molar-refractivity contribution in [1.29, 1.82) is 0 Å². The Labute approximate surface area is 165 Å². The number of rotatable bonds is 6. The van der Waals surface area contributed by atoms with E-state index in [1.807, 2.05) is 0 Å². The van der Waals surface area contributed by atoms with Crippen molar-refractivity contribution < 1.29 is 18.6 Å². The number of alkyl halides is 2. The number of aryl methyl sites for hydroxylation is 3. The molecule has 0 amide bonds. The van der Waals surface area contributed by atoms with Gasteiger partial charge in [-0.3, -0.25) is 13.9 Å². The number of aromatic nitrogens is 3. The van der Waals surface area contributed by atoms with Gasteiger partial charge in [0.1, 0.15) is 11.3 Å². The van der Waals surface area contributed by atoms with E-state index in [2.05, 4.69) is 4.74 Å². The average molecular weight is 407 g/mol. The van der Waals surface area contributed by atoms with Crippen LogP contribution in [-0.2, 0) is 20.6 Å². The molecule has 0 saturated carbocycles. The lowest BCUT2D eigenvalue weighted by molar-refractivity contribution is -0.158. The Morgan fingerprint density at radius 3 is 2.45 bits per heavy atom. The van der Waals surface area contributed by atoms with E-state index in [1.54, 1.807) is 37.7 Å². The van der Waals surface area contributed by atoms with Crippen molar-refractivity contribution in [1.82, 2.24) is 13.7 Å². The molecule has 29 heavy (non-hydrogen) atoms. The van der Waals surface area contributed by atoms with Crippen LogP contribution in [0.25, 0.3) is 22.3 Å². The zero-order valence-corrected chi connectivity index (χ0v) is 16.7. The van der Waals surface area contributed by atoms with Crippen LogP contribution in [0.5, 0.6) is 5.75 Å². The van der Waals surface area contributed by atoms with Gasteiger partial charge in [-0.05, 0) is 31.0 Å². The van der Waals surface area contributed by atoms with Crippen molar-refractivity contribution in [2.45, 2.75) is 32.9 Å². The summed E-state index contributed by atoms with van der Waals surface area (Å²) >= 11 is 0. The van der Waals surface area contributed by atoms with Crippen LogP contribution in [0.3, 0.4) is 0 Å².